The van der Waals surface area contributed by atoms with Gasteiger partial charge >= 0.3 is 6.18 Å². The Bertz CT molecular complexity index is 927. The Hall–Kier alpha value is -1.40. The van der Waals surface area contributed by atoms with E-state index in [0.29, 0.717) is 19.2 Å². The van der Waals surface area contributed by atoms with Crippen LogP contribution in [0.2, 0.25) is 0 Å². The van der Waals surface area contributed by atoms with Crippen molar-refractivity contribution >= 4 is 15.7 Å². The lowest BCUT2D eigenvalue weighted by Gasteiger charge is -2.32. The Labute approximate surface area is 180 Å². The molecule has 1 unspecified atom stereocenters. The first kappa shape index (κ1) is 22.8. The number of hydrogen-bond donors (Lipinski definition) is 2. The highest BCUT2D eigenvalue weighted by atomic mass is 32.2. The number of nitrogens with zero attached hydrogens (tertiary/aromatic N) is 2. The maximum Gasteiger partial charge on any atom is 0.416 e. The SMILES string of the molecule is CN1CCCC12CCN(c1ccc(C(F)(F)F)cc1S(=O)(=O)NC[C@@H]1COC[C@@H]1O)C2. The maximum atomic E-state index is 13.4. The minimum Gasteiger partial charge on any atom is -0.390 e. The lowest BCUT2D eigenvalue weighted by Crippen LogP contribution is -2.44. The fourth-order valence-electron chi connectivity index (χ4n) is 4.89. The number of ether oxygens (including phenoxy) is 1. The van der Waals surface area contributed by atoms with Crippen LogP contribution in [0.15, 0.2) is 23.1 Å². The minimum atomic E-state index is -4.66. The number of hydrogen-bond acceptors (Lipinski definition) is 6. The molecule has 3 aliphatic rings. The highest BCUT2D eigenvalue weighted by Gasteiger charge is 2.45. The molecule has 11 heteroatoms. The van der Waals surface area contributed by atoms with Gasteiger partial charge in [0, 0.05) is 31.1 Å². The first-order chi connectivity index (χ1) is 14.5. The third-order valence-electron chi connectivity index (χ3n) is 6.90. The van der Waals surface area contributed by atoms with E-state index in [0.717, 1.165) is 31.9 Å². The molecule has 3 fully saturated rings. The third kappa shape index (κ3) is 4.43. The number of alkyl halides is 3. The van der Waals surface area contributed by atoms with Crippen molar-refractivity contribution in [2.24, 2.45) is 5.92 Å². The molecular formula is C20H28F3N3O4S. The van der Waals surface area contributed by atoms with E-state index in [1.54, 1.807) is 0 Å². The number of anilines is 1. The maximum absolute atomic E-state index is 13.4. The second-order valence-electron chi connectivity index (χ2n) is 8.82. The van der Waals surface area contributed by atoms with Crippen molar-refractivity contribution in [3.05, 3.63) is 23.8 Å². The number of aliphatic hydroxyl groups is 1. The fraction of sp³-hybridized carbons (Fsp3) is 0.700. The van der Waals surface area contributed by atoms with Gasteiger partial charge in [-0.25, -0.2) is 13.1 Å². The second-order valence-corrected chi connectivity index (χ2v) is 10.6. The molecule has 0 saturated carbocycles. The summed E-state index contributed by atoms with van der Waals surface area (Å²) in [6.07, 6.45) is -2.59. The van der Waals surface area contributed by atoms with E-state index >= 15 is 0 Å². The summed E-state index contributed by atoms with van der Waals surface area (Å²) in [6.45, 7) is 2.32. The molecule has 0 aromatic heterocycles. The van der Waals surface area contributed by atoms with Crippen molar-refractivity contribution in [1.82, 2.24) is 9.62 Å². The Morgan fingerprint density at radius 2 is 2.03 bits per heavy atom. The number of likely N-dealkylation sites (N-methyl/N-ethyl adjacent to an activating group) is 1. The molecule has 3 atom stereocenters. The molecule has 174 valence electrons. The molecular weight excluding hydrogens is 435 g/mol. The molecule has 31 heavy (non-hydrogen) atoms. The lowest BCUT2D eigenvalue weighted by molar-refractivity contribution is -0.137. The van der Waals surface area contributed by atoms with Crippen LogP contribution in [-0.2, 0) is 20.9 Å². The molecule has 1 aromatic rings. The summed E-state index contributed by atoms with van der Waals surface area (Å²) in [5.74, 6) is -0.439. The van der Waals surface area contributed by atoms with Crippen molar-refractivity contribution < 1.29 is 31.4 Å². The lowest BCUT2D eigenvalue weighted by atomic mass is 9.96. The number of aliphatic hydroxyl groups excluding tert-OH is 1. The van der Waals surface area contributed by atoms with E-state index in [4.69, 9.17) is 4.74 Å². The molecule has 7 nitrogen and oxygen atoms in total. The van der Waals surface area contributed by atoms with E-state index in [1.165, 1.54) is 6.07 Å². The number of halogens is 3. The summed E-state index contributed by atoms with van der Waals surface area (Å²) < 4.78 is 73.8. The van der Waals surface area contributed by atoms with Crippen molar-refractivity contribution in [1.29, 1.82) is 0 Å². The fourth-order valence-corrected chi connectivity index (χ4v) is 6.24. The first-order valence-electron chi connectivity index (χ1n) is 10.4. The minimum absolute atomic E-state index is 0.0670. The van der Waals surface area contributed by atoms with Crippen LogP contribution in [-0.4, -0.2) is 76.5 Å². The number of likely N-dealkylation sites (tertiary alicyclic amines) is 1. The highest BCUT2D eigenvalue weighted by Crippen LogP contribution is 2.41. The average Bonchev–Trinajstić information content (AvgIpc) is 3.41. The topological polar surface area (TPSA) is 82.1 Å². The summed E-state index contributed by atoms with van der Waals surface area (Å²) >= 11 is 0. The smallest absolute Gasteiger partial charge is 0.390 e. The quantitative estimate of drug-likeness (QED) is 0.692. The van der Waals surface area contributed by atoms with Gasteiger partial charge in [0.15, 0.2) is 0 Å². The van der Waals surface area contributed by atoms with Crippen LogP contribution in [0.4, 0.5) is 18.9 Å². The highest BCUT2D eigenvalue weighted by molar-refractivity contribution is 7.89. The van der Waals surface area contributed by atoms with Gasteiger partial charge in [-0.2, -0.15) is 13.2 Å². The first-order valence-corrected chi connectivity index (χ1v) is 11.9. The van der Waals surface area contributed by atoms with E-state index in [9.17, 15) is 26.7 Å². The summed E-state index contributed by atoms with van der Waals surface area (Å²) in [5.41, 5.74) is -0.795. The van der Waals surface area contributed by atoms with Gasteiger partial charge in [-0.05, 0) is 51.1 Å². The number of sulfonamides is 1. The van der Waals surface area contributed by atoms with Crippen LogP contribution >= 0.6 is 0 Å². The van der Waals surface area contributed by atoms with E-state index in [-0.39, 0.29) is 35.9 Å². The van der Waals surface area contributed by atoms with E-state index in [2.05, 4.69) is 9.62 Å². The standard InChI is InChI=1S/C20H28F3N3O4S/c1-25-7-2-5-19(25)6-8-26(13-19)16-4-3-15(20(21,22)23)9-18(16)31(28,29)24-10-14-11-30-12-17(14)27/h3-4,9,14,17,24,27H,2,5-8,10-13H2,1H3/t14-,17+,19?/m1/s1. The van der Waals surface area contributed by atoms with Crippen LogP contribution in [0.25, 0.3) is 0 Å². The predicted octanol–water partition coefficient (Wildman–Crippen LogP) is 1.67. The van der Waals surface area contributed by atoms with E-state index < -0.39 is 33.8 Å². The zero-order chi connectivity index (χ0) is 22.4. The van der Waals surface area contributed by atoms with Crippen LogP contribution in [0, 0.1) is 5.92 Å². The van der Waals surface area contributed by atoms with Gasteiger partial charge in [-0.1, -0.05) is 0 Å². The summed E-state index contributed by atoms with van der Waals surface area (Å²) in [7, 11) is -2.20. The van der Waals surface area contributed by atoms with Crippen molar-refractivity contribution in [3.63, 3.8) is 0 Å². The summed E-state index contributed by atoms with van der Waals surface area (Å²) in [5, 5.41) is 9.86. The van der Waals surface area contributed by atoms with Gasteiger partial charge in [0.25, 0.3) is 0 Å². The van der Waals surface area contributed by atoms with Gasteiger partial charge in [-0.15, -0.1) is 0 Å². The number of benzene rings is 1. The van der Waals surface area contributed by atoms with Gasteiger partial charge in [0.05, 0.1) is 30.6 Å². The molecule has 3 saturated heterocycles. The Kier molecular flexibility index (Phi) is 6.01. The Balaban J connectivity index is 1.64. The molecule has 4 rings (SSSR count). The zero-order valence-electron chi connectivity index (χ0n) is 17.4. The molecule has 0 radical (unpaired) electrons. The average molecular weight is 464 g/mol. The predicted molar refractivity (Wildman–Crippen MR) is 108 cm³/mol. The normalized spacial score (nSPS) is 30.0. The molecule has 3 aliphatic heterocycles. The Morgan fingerprint density at radius 1 is 1.26 bits per heavy atom. The summed E-state index contributed by atoms with van der Waals surface area (Å²) in [4.78, 5) is 3.77. The molecule has 0 bridgehead atoms. The zero-order valence-corrected chi connectivity index (χ0v) is 18.2. The van der Waals surface area contributed by atoms with Crippen LogP contribution in [0.5, 0.6) is 0 Å². The van der Waals surface area contributed by atoms with Crippen LogP contribution in [0.1, 0.15) is 24.8 Å². The van der Waals surface area contributed by atoms with E-state index in [1.807, 2.05) is 11.9 Å². The van der Waals surface area contributed by atoms with Crippen LogP contribution < -0.4 is 9.62 Å². The van der Waals surface area contributed by atoms with Gasteiger partial charge in [0.1, 0.15) is 4.90 Å². The number of nitrogens with one attached hydrogen (secondary N) is 1. The molecule has 0 aliphatic carbocycles. The third-order valence-corrected chi connectivity index (χ3v) is 8.35. The van der Waals surface area contributed by atoms with Crippen molar-refractivity contribution in [2.75, 3.05) is 51.3 Å². The van der Waals surface area contributed by atoms with Crippen LogP contribution in [0.3, 0.4) is 0 Å². The van der Waals surface area contributed by atoms with Gasteiger partial charge in [0.2, 0.25) is 10.0 Å². The molecule has 2 N–H and O–H groups in total. The van der Waals surface area contributed by atoms with Gasteiger partial charge in [-0.3, -0.25) is 4.90 Å². The van der Waals surface area contributed by atoms with Crippen molar-refractivity contribution in [2.45, 2.75) is 42.0 Å². The summed E-state index contributed by atoms with van der Waals surface area (Å²) in [6, 6.07) is 2.91. The van der Waals surface area contributed by atoms with Crippen molar-refractivity contribution in [3.8, 4) is 0 Å². The Morgan fingerprint density at radius 3 is 2.65 bits per heavy atom. The van der Waals surface area contributed by atoms with Gasteiger partial charge < -0.3 is 14.7 Å². The largest absolute Gasteiger partial charge is 0.416 e. The monoisotopic (exact) mass is 463 g/mol. The molecule has 3 heterocycles. The molecule has 0 amide bonds. The second kappa shape index (κ2) is 8.18. The molecule has 1 aromatic carbocycles. The number of rotatable bonds is 5. The molecule has 1 spiro atoms.